The van der Waals surface area contributed by atoms with Gasteiger partial charge in [0.05, 0.1) is 31.7 Å². The Hall–Kier alpha value is -2.21. The molecule has 0 N–H and O–H groups in total. The fraction of sp³-hybridized carbons (Fsp3) is 0.538. The van der Waals surface area contributed by atoms with Crippen molar-refractivity contribution in [1.29, 1.82) is 0 Å². The summed E-state index contributed by atoms with van der Waals surface area (Å²) in [4.78, 5) is 22.1. The molecule has 0 spiro atoms. The summed E-state index contributed by atoms with van der Waals surface area (Å²) in [5, 5.41) is 0.611. The molecule has 190 valence electrons. The minimum atomic E-state index is -3.45. The largest absolute Gasteiger partial charge is 0.463 e. The van der Waals surface area contributed by atoms with Crippen LogP contribution in [-0.4, -0.2) is 38.4 Å². The topological polar surface area (TPSA) is 88.1 Å². The summed E-state index contributed by atoms with van der Waals surface area (Å²) in [6, 6.07) is 5.65. The van der Waals surface area contributed by atoms with E-state index < -0.39 is 19.5 Å². The van der Waals surface area contributed by atoms with E-state index in [0.717, 1.165) is 74.6 Å². The van der Waals surface area contributed by atoms with Crippen LogP contribution in [0.1, 0.15) is 62.5 Å². The van der Waals surface area contributed by atoms with Gasteiger partial charge in [0, 0.05) is 12.2 Å². The predicted octanol–water partition coefficient (Wildman–Crippen LogP) is 5.73. The standard InChI is InChI=1S/C26H39O7P/c1-5-25(27)30-18-11-7-9-13-20-32-34(29,24-17-15-16-22(3)23(24)4)33-21-14-10-8-12-19-31-26(28)6-2/h5-6,15-17H,1-2,7-14,18-21H2,3-4H3. The molecule has 0 unspecified atom stereocenters. The Morgan fingerprint density at radius 1 is 0.765 bits per heavy atom. The van der Waals surface area contributed by atoms with Crippen molar-refractivity contribution in [3.8, 4) is 0 Å². The first-order valence-corrected chi connectivity index (χ1v) is 13.4. The summed E-state index contributed by atoms with van der Waals surface area (Å²) >= 11 is 0. The Bertz CT molecular complexity index is 794. The third-order valence-corrected chi connectivity index (χ3v) is 7.41. The molecular formula is C26H39O7P. The van der Waals surface area contributed by atoms with Crippen LogP contribution in [-0.2, 0) is 32.7 Å². The highest BCUT2D eigenvalue weighted by Crippen LogP contribution is 2.48. The average molecular weight is 495 g/mol. The molecule has 0 aliphatic heterocycles. The summed E-state index contributed by atoms with van der Waals surface area (Å²) in [6.07, 6.45) is 8.79. The normalized spacial score (nSPS) is 11.1. The van der Waals surface area contributed by atoms with Crippen molar-refractivity contribution in [2.75, 3.05) is 26.4 Å². The Balaban J connectivity index is 2.46. The highest BCUT2D eigenvalue weighted by molar-refractivity contribution is 7.62. The molecule has 0 aliphatic rings. The Kier molecular flexibility index (Phi) is 15.1. The van der Waals surface area contributed by atoms with E-state index in [9.17, 15) is 14.2 Å². The molecule has 0 bridgehead atoms. The van der Waals surface area contributed by atoms with Crippen LogP contribution in [0.15, 0.2) is 43.5 Å². The van der Waals surface area contributed by atoms with Crippen molar-refractivity contribution in [2.45, 2.75) is 65.2 Å². The van der Waals surface area contributed by atoms with Gasteiger partial charge in [0.2, 0.25) is 0 Å². The summed E-state index contributed by atoms with van der Waals surface area (Å²) in [5.41, 5.74) is 1.95. The van der Waals surface area contributed by atoms with E-state index in [1.807, 2.05) is 32.0 Å². The fourth-order valence-corrected chi connectivity index (χ4v) is 5.10. The van der Waals surface area contributed by atoms with Crippen LogP contribution in [0.2, 0.25) is 0 Å². The zero-order chi connectivity index (χ0) is 25.2. The van der Waals surface area contributed by atoms with E-state index in [1.165, 1.54) is 0 Å². The van der Waals surface area contributed by atoms with Gasteiger partial charge in [-0.2, -0.15) is 0 Å². The maximum atomic E-state index is 13.7. The highest BCUT2D eigenvalue weighted by atomic mass is 31.2. The zero-order valence-electron chi connectivity index (χ0n) is 20.6. The van der Waals surface area contributed by atoms with Crippen molar-refractivity contribution in [3.05, 3.63) is 54.6 Å². The van der Waals surface area contributed by atoms with Crippen molar-refractivity contribution < 1.29 is 32.7 Å². The van der Waals surface area contributed by atoms with Gasteiger partial charge in [0.1, 0.15) is 0 Å². The van der Waals surface area contributed by atoms with Gasteiger partial charge < -0.3 is 18.5 Å². The van der Waals surface area contributed by atoms with Gasteiger partial charge in [-0.1, -0.05) is 38.1 Å². The van der Waals surface area contributed by atoms with Crippen LogP contribution in [0, 0.1) is 13.8 Å². The minimum Gasteiger partial charge on any atom is -0.463 e. The Labute approximate surface area is 204 Å². The van der Waals surface area contributed by atoms with Gasteiger partial charge in [-0.25, -0.2) is 9.59 Å². The maximum Gasteiger partial charge on any atom is 0.361 e. The van der Waals surface area contributed by atoms with Crippen LogP contribution in [0.4, 0.5) is 0 Å². The summed E-state index contributed by atoms with van der Waals surface area (Å²) < 4.78 is 35.3. The summed E-state index contributed by atoms with van der Waals surface area (Å²) in [5.74, 6) is -0.822. The SMILES string of the molecule is C=CC(=O)OCCCCCCOP(=O)(OCCCCCCOC(=O)C=C)c1cccc(C)c1C. The van der Waals surface area contributed by atoms with Crippen LogP contribution < -0.4 is 5.30 Å². The summed E-state index contributed by atoms with van der Waals surface area (Å²) in [6.45, 7) is 12.0. The lowest BCUT2D eigenvalue weighted by molar-refractivity contribution is -0.138. The van der Waals surface area contributed by atoms with E-state index in [0.29, 0.717) is 31.7 Å². The number of rotatable bonds is 19. The Morgan fingerprint density at radius 2 is 1.21 bits per heavy atom. The monoisotopic (exact) mass is 494 g/mol. The van der Waals surface area contributed by atoms with Crippen molar-refractivity contribution in [1.82, 2.24) is 0 Å². The number of hydrogen-bond acceptors (Lipinski definition) is 7. The molecule has 8 heteroatoms. The molecule has 0 atom stereocenters. The van der Waals surface area contributed by atoms with Gasteiger partial charge in [-0.3, -0.25) is 4.57 Å². The van der Waals surface area contributed by atoms with Crippen LogP contribution >= 0.6 is 7.60 Å². The third-order valence-electron chi connectivity index (χ3n) is 5.29. The second-order valence-electron chi connectivity index (χ2n) is 7.95. The molecule has 0 aliphatic carbocycles. The maximum absolute atomic E-state index is 13.7. The molecule has 0 saturated heterocycles. The number of unbranched alkanes of at least 4 members (excludes halogenated alkanes) is 6. The molecule has 0 fully saturated rings. The number of carbonyl (C=O) groups excluding carboxylic acids is 2. The van der Waals surface area contributed by atoms with Crippen molar-refractivity contribution in [3.63, 3.8) is 0 Å². The first-order chi connectivity index (χ1) is 16.3. The zero-order valence-corrected chi connectivity index (χ0v) is 21.5. The van der Waals surface area contributed by atoms with Gasteiger partial charge >= 0.3 is 19.5 Å². The third kappa shape index (κ3) is 11.8. The van der Waals surface area contributed by atoms with Crippen LogP contribution in [0.25, 0.3) is 0 Å². The lowest BCUT2D eigenvalue weighted by Crippen LogP contribution is -2.16. The highest BCUT2D eigenvalue weighted by Gasteiger charge is 2.29. The van der Waals surface area contributed by atoms with Crippen LogP contribution in [0.3, 0.4) is 0 Å². The first kappa shape index (κ1) is 29.8. The van der Waals surface area contributed by atoms with Gasteiger partial charge in [0.15, 0.2) is 0 Å². The molecule has 0 heterocycles. The van der Waals surface area contributed by atoms with E-state index >= 15 is 0 Å². The smallest absolute Gasteiger partial charge is 0.361 e. The molecule has 1 aromatic carbocycles. The summed E-state index contributed by atoms with van der Waals surface area (Å²) in [7, 11) is -3.45. The second kappa shape index (κ2) is 17.3. The number of hydrogen-bond donors (Lipinski definition) is 0. The Morgan fingerprint density at radius 3 is 1.65 bits per heavy atom. The van der Waals surface area contributed by atoms with Gasteiger partial charge in [-0.05, 0) is 69.6 Å². The van der Waals surface area contributed by atoms with Gasteiger partial charge in [0.25, 0.3) is 0 Å². The molecule has 0 aromatic heterocycles. The molecule has 1 aromatic rings. The van der Waals surface area contributed by atoms with Crippen molar-refractivity contribution >= 4 is 24.8 Å². The van der Waals surface area contributed by atoms with Gasteiger partial charge in [-0.15, -0.1) is 0 Å². The molecule has 34 heavy (non-hydrogen) atoms. The first-order valence-electron chi connectivity index (χ1n) is 11.9. The van der Waals surface area contributed by atoms with E-state index in [1.54, 1.807) is 0 Å². The lowest BCUT2D eigenvalue weighted by Gasteiger charge is -2.21. The predicted molar refractivity (Wildman–Crippen MR) is 134 cm³/mol. The molecule has 7 nitrogen and oxygen atoms in total. The minimum absolute atomic E-state index is 0.325. The molecular weight excluding hydrogens is 455 g/mol. The molecule has 1 rings (SSSR count). The number of carbonyl (C=O) groups is 2. The molecule has 0 amide bonds. The number of benzene rings is 1. The van der Waals surface area contributed by atoms with Crippen molar-refractivity contribution in [2.24, 2.45) is 0 Å². The molecule has 0 radical (unpaired) electrons. The van der Waals surface area contributed by atoms with Crippen LogP contribution in [0.5, 0.6) is 0 Å². The lowest BCUT2D eigenvalue weighted by atomic mass is 10.1. The molecule has 0 saturated carbocycles. The average Bonchev–Trinajstić information content (AvgIpc) is 2.83. The van der Waals surface area contributed by atoms with E-state index in [-0.39, 0.29) is 0 Å². The number of esters is 2. The fourth-order valence-electron chi connectivity index (χ4n) is 3.16. The quantitative estimate of drug-likeness (QED) is 0.105. The van der Waals surface area contributed by atoms with E-state index in [2.05, 4.69) is 13.2 Å². The van der Waals surface area contributed by atoms with E-state index in [4.69, 9.17) is 18.5 Å². The number of ether oxygens (including phenoxy) is 2. The number of aryl methyl sites for hydroxylation is 1. The second-order valence-corrected chi connectivity index (χ2v) is 9.95.